The van der Waals surface area contributed by atoms with Crippen LogP contribution in [0.2, 0.25) is 19.1 Å². The van der Waals surface area contributed by atoms with Gasteiger partial charge in [0.1, 0.15) is 6.61 Å². The lowest BCUT2D eigenvalue weighted by atomic mass is 9.86. The Bertz CT molecular complexity index is 1480. The predicted molar refractivity (Wildman–Crippen MR) is 134 cm³/mol. The van der Waals surface area contributed by atoms with Gasteiger partial charge in [0.2, 0.25) is 0 Å². The minimum absolute atomic E-state index is 0.0996. The van der Waals surface area contributed by atoms with Crippen LogP contribution in [0.25, 0.3) is 32.7 Å². The number of azide groups is 1. The fraction of sp³-hybridized carbons (Fsp3) is 0.400. The molecule has 0 fully saturated rings. The molecule has 4 heterocycles. The number of carbonyl (C=O) groups excluding carboxylic acids is 1. The van der Waals surface area contributed by atoms with Gasteiger partial charge in [-0.2, -0.15) is 0 Å². The van der Waals surface area contributed by atoms with E-state index in [1.54, 1.807) is 17.6 Å². The van der Waals surface area contributed by atoms with Crippen molar-refractivity contribution in [2.45, 2.75) is 57.2 Å². The number of carbonyl (C=O) groups is 1. The lowest BCUT2D eigenvalue weighted by Crippen LogP contribution is -2.44. The fourth-order valence-corrected chi connectivity index (χ4v) is 6.87. The second-order valence-electron chi connectivity index (χ2n) is 10.1. The van der Waals surface area contributed by atoms with Crippen LogP contribution in [0.15, 0.2) is 46.3 Å². The summed E-state index contributed by atoms with van der Waals surface area (Å²) in [7, 11) is -1.84. The van der Waals surface area contributed by atoms with E-state index in [2.05, 4.69) is 29.2 Å². The number of benzene rings is 1. The Morgan fingerprint density at radius 2 is 2.09 bits per heavy atom. The molecule has 0 aliphatic carbocycles. The Balaban J connectivity index is 1.71. The molecule has 1 N–H and O–H groups in total. The van der Waals surface area contributed by atoms with Gasteiger partial charge >= 0.3 is 5.97 Å². The van der Waals surface area contributed by atoms with E-state index >= 15 is 0 Å². The summed E-state index contributed by atoms with van der Waals surface area (Å²) in [5, 5.41) is 16.0. The topological polar surface area (TPSA) is 130 Å². The monoisotopic (exact) mass is 489 g/mol. The molecule has 180 valence electrons. The molecule has 2 aliphatic rings. The Morgan fingerprint density at radius 3 is 2.83 bits per heavy atom. The summed E-state index contributed by atoms with van der Waals surface area (Å²) in [5.41, 5.74) is 10.3. The SMILES string of the molecule is CC[C@@]1(O)C(=O)OCc2c1cc1n(c2=O)C(CC[Si](C)(C)CN=[N+]=[N-])c2cc3ccccc3nc2-1. The second-order valence-corrected chi connectivity index (χ2v) is 15.3. The largest absolute Gasteiger partial charge is 0.458 e. The maximum absolute atomic E-state index is 13.9. The van der Waals surface area contributed by atoms with Gasteiger partial charge in [0.15, 0.2) is 5.60 Å². The number of nitrogens with zero attached hydrogens (tertiary/aromatic N) is 5. The van der Waals surface area contributed by atoms with Crippen LogP contribution in [0.1, 0.15) is 42.5 Å². The molecule has 3 aromatic rings. The molecule has 0 amide bonds. The molecule has 9 nitrogen and oxygen atoms in total. The second kappa shape index (κ2) is 8.33. The molecule has 0 saturated carbocycles. The third kappa shape index (κ3) is 3.65. The van der Waals surface area contributed by atoms with Gasteiger partial charge in [-0.05, 0) is 36.6 Å². The van der Waals surface area contributed by atoms with Crippen LogP contribution in [0.3, 0.4) is 0 Å². The zero-order valence-corrected chi connectivity index (χ0v) is 21.0. The number of fused-ring (bicyclic) bond motifs is 5. The van der Waals surface area contributed by atoms with E-state index in [-0.39, 0.29) is 24.6 Å². The third-order valence-electron chi connectivity index (χ3n) is 7.31. The van der Waals surface area contributed by atoms with Crippen molar-refractivity contribution in [3.63, 3.8) is 0 Å². The summed E-state index contributed by atoms with van der Waals surface area (Å²) in [6, 6.07) is 12.2. The number of aliphatic hydroxyl groups is 1. The number of esters is 1. The number of para-hydroxylation sites is 1. The van der Waals surface area contributed by atoms with Crippen molar-refractivity contribution in [2.75, 3.05) is 6.17 Å². The molecule has 35 heavy (non-hydrogen) atoms. The maximum Gasteiger partial charge on any atom is 0.343 e. The Hall–Kier alpha value is -3.46. The van der Waals surface area contributed by atoms with E-state index in [1.807, 2.05) is 24.3 Å². The van der Waals surface area contributed by atoms with Crippen LogP contribution in [-0.2, 0) is 21.7 Å². The predicted octanol–water partition coefficient (Wildman–Crippen LogP) is 4.57. The number of hydrogen-bond donors (Lipinski definition) is 1. The van der Waals surface area contributed by atoms with Crippen molar-refractivity contribution >= 4 is 24.9 Å². The normalized spacial score (nSPS) is 20.6. The zero-order chi connectivity index (χ0) is 25.0. The van der Waals surface area contributed by atoms with Crippen molar-refractivity contribution in [1.82, 2.24) is 9.55 Å². The molecule has 0 spiro atoms. The number of hydrogen-bond acceptors (Lipinski definition) is 6. The van der Waals surface area contributed by atoms with Crippen LogP contribution < -0.4 is 5.56 Å². The molecule has 2 atom stereocenters. The smallest absolute Gasteiger partial charge is 0.343 e. The average Bonchev–Trinajstić information content (AvgIpc) is 3.15. The van der Waals surface area contributed by atoms with Gasteiger partial charge in [-0.1, -0.05) is 49.4 Å². The molecular formula is C25H27N5O4Si. The minimum Gasteiger partial charge on any atom is -0.458 e. The van der Waals surface area contributed by atoms with E-state index < -0.39 is 19.6 Å². The van der Waals surface area contributed by atoms with Crippen LogP contribution in [-0.4, -0.2) is 34.9 Å². The third-order valence-corrected chi connectivity index (χ3v) is 9.95. The lowest BCUT2D eigenvalue weighted by molar-refractivity contribution is -0.172. The summed E-state index contributed by atoms with van der Waals surface area (Å²) in [4.78, 5) is 34.2. The highest BCUT2D eigenvalue weighted by atomic mass is 28.3. The summed E-state index contributed by atoms with van der Waals surface area (Å²) < 4.78 is 6.98. The summed E-state index contributed by atoms with van der Waals surface area (Å²) in [6.45, 7) is 5.88. The van der Waals surface area contributed by atoms with Gasteiger partial charge < -0.3 is 9.84 Å². The molecule has 1 unspecified atom stereocenters. The molecule has 0 saturated heterocycles. The van der Waals surface area contributed by atoms with Gasteiger partial charge in [-0.3, -0.25) is 9.36 Å². The molecule has 1 aromatic carbocycles. The molecule has 0 radical (unpaired) electrons. The average molecular weight is 490 g/mol. The van der Waals surface area contributed by atoms with E-state index in [0.717, 1.165) is 22.5 Å². The molecule has 10 heteroatoms. The number of ether oxygens (including phenoxy) is 1. The first-order valence-corrected chi connectivity index (χ1v) is 15.2. The summed E-state index contributed by atoms with van der Waals surface area (Å²) >= 11 is 0. The highest BCUT2D eigenvalue weighted by Crippen LogP contribution is 2.44. The quantitative estimate of drug-likeness (QED) is 0.178. The van der Waals surface area contributed by atoms with Gasteiger partial charge in [0.25, 0.3) is 5.56 Å². The first kappa shape index (κ1) is 23.3. The van der Waals surface area contributed by atoms with Crippen LogP contribution in [0, 0.1) is 0 Å². The number of cyclic esters (lactones) is 1. The molecule has 2 aliphatic heterocycles. The van der Waals surface area contributed by atoms with Gasteiger partial charge in [0.05, 0.1) is 36.6 Å². The minimum atomic E-state index is -1.86. The number of rotatable bonds is 6. The highest BCUT2D eigenvalue weighted by Gasteiger charge is 2.46. The van der Waals surface area contributed by atoms with E-state index in [0.29, 0.717) is 35.1 Å². The first-order valence-electron chi connectivity index (χ1n) is 11.8. The Kier molecular flexibility index (Phi) is 5.55. The molecule has 5 rings (SSSR count). The van der Waals surface area contributed by atoms with Crippen molar-refractivity contribution in [1.29, 1.82) is 0 Å². The van der Waals surface area contributed by atoms with Gasteiger partial charge in [-0.15, -0.1) is 0 Å². The van der Waals surface area contributed by atoms with Crippen molar-refractivity contribution in [3.8, 4) is 11.4 Å². The standard InChI is InChI=1S/C25H27N5O4Si/c1-4-25(33)18-12-21-22-16(11-15-7-5-6-8-19(15)28-22)20(9-10-35(2,3)14-27-29-26)30(21)23(31)17(18)13-34-24(25)32/h5-8,11-12,20,33H,4,9-10,13-14H2,1-3H3/t20?,25-/m0/s1. The Labute approximate surface area is 203 Å². The Morgan fingerprint density at radius 1 is 1.31 bits per heavy atom. The van der Waals surface area contributed by atoms with Crippen molar-refractivity contribution in [2.24, 2.45) is 5.11 Å². The van der Waals surface area contributed by atoms with E-state index in [9.17, 15) is 14.7 Å². The maximum atomic E-state index is 13.9. The first-order chi connectivity index (χ1) is 16.7. The molecule has 0 bridgehead atoms. The summed E-state index contributed by atoms with van der Waals surface area (Å²) in [6.07, 6.45) is 1.28. The van der Waals surface area contributed by atoms with Crippen LogP contribution in [0.5, 0.6) is 0 Å². The molecule has 2 aromatic heterocycles. The fourth-order valence-electron chi connectivity index (χ4n) is 5.21. The zero-order valence-electron chi connectivity index (χ0n) is 20.0. The van der Waals surface area contributed by atoms with Crippen molar-refractivity contribution in [3.05, 3.63) is 73.9 Å². The lowest BCUT2D eigenvalue weighted by Gasteiger charge is -2.32. The molecular weight excluding hydrogens is 462 g/mol. The van der Waals surface area contributed by atoms with E-state index in [1.165, 1.54) is 0 Å². The summed E-state index contributed by atoms with van der Waals surface area (Å²) in [5.74, 6) is -0.733. The van der Waals surface area contributed by atoms with Crippen LogP contribution >= 0.6 is 0 Å². The van der Waals surface area contributed by atoms with Crippen molar-refractivity contribution < 1.29 is 14.6 Å². The number of aromatic nitrogens is 2. The van der Waals surface area contributed by atoms with Gasteiger partial charge in [0, 0.05) is 27.6 Å². The van der Waals surface area contributed by atoms with Crippen LogP contribution in [0.4, 0.5) is 0 Å². The van der Waals surface area contributed by atoms with E-state index in [4.69, 9.17) is 15.3 Å². The highest BCUT2D eigenvalue weighted by molar-refractivity contribution is 6.77. The van der Waals surface area contributed by atoms with Gasteiger partial charge in [-0.25, -0.2) is 9.78 Å². The number of pyridine rings is 2.